The van der Waals surface area contributed by atoms with Crippen LogP contribution in [0.15, 0.2) is 29.2 Å². The van der Waals surface area contributed by atoms with Crippen LogP contribution in [0.1, 0.15) is 19.3 Å². The van der Waals surface area contributed by atoms with Crippen LogP contribution in [0.25, 0.3) is 0 Å². The molecule has 0 aliphatic rings. The number of unbranched alkanes of at least 4 members (excludes halogenated alkanes) is 2. The molecule has 102 valence electrons. The molecule has 0 saturated heterocycles. The third-order valence-electron chi connectivity index (χ3n) is 2.45. The SMILES string of the molecule is CSCCCCCNS(=O)(=O)c1cccc(O)c1. The first kappa shape index (κ1) is 15.3. The van der Waals surface area contributed by atoms with Crippen LogP contribution in [0, 0.1) is 0 Å². The first-order chi connectivity index (χ1) is 8.56. The summed E-state index contributed by atoms with van der Waals surface area (Å²) in [5.41, 5.74) is 0. The summed E-state index contributed by atoms with van der Waals surface area (Å²) in [5, 5.41) is 9.25. The number of aromatic hydroxyl groups is 1. The monoisotopic (exact) mass is 289 g/mol. The van der Waals surface area contributed by atoms with Gasteiger partial charge in [-0.1, -0.05) is 12.5 Å². The smallest absolute Gasteiger partial charge is 0.240 e. The summed E-state index contributed by atoms with van der Waals surface area (Å²) in [6, 6.07) is 5.68. The third-order valence-corrected chi connectivity index (χ3v) is 4.60. The van der Waals surface area contributed by atoms with Gasteiger partial charge in [0.05, 0.1) is 4.90 Å². The number of benzene rings is 1. The second-order valence-electron chi connectivity index (χ2n) is 3.95. The van der Waals surface area contributed by atoms with Crippen LogP contribution in [0.2, 0.25) is 0 Å². The molecular formula is C12H19NO3S2. The summed E-state index contributed by atoms with van der Waals surface area (Å²) in [7, 11) is -3.49. The number of thioether (sulfide) groups is 1. The molecule has 0 fully saturated rings. The van der Waals surface area contributed by atoms with Gasteiger partial charge >= 0.3 is 0 Å². The van der Waals surface area contributed by atoms with Crippen LogP contribution < -0.4 is 4.72 Å². The zero-order valence-electron chi connectivity index (χ0n) is 10.4. The molecule has 6 heteroatoms. The van der Waals surface area contributed by atoms with Gasteiger partial charge in [0.25, 0.3) is 0 Å². The summed E-state index contributed by atoms with van der Waals surface area (Å²) in [6.45, 7) is 0.437. The molecule has 1 rings (SSSR count). The van der Waals surface area contributed by atoms with E-state index >= 15 is 0 Å². The van der Waals surface area contributed by atoms with Gasteiger partial charge in [-0.15, -0.1) is 0 Å². The van der Waals surface area contributed by atoms with Crippen molar-refractivity contribution in [2.24, 2.45) is 0 Å². The molecule has 0 saturated carbocycles. The van der Waals surface area contributed by atoms with Gasteiger partial charge in [-0.25, -0.2) is 13.1 Å². The molecule has 0 radical (unpaired) electrons. The van der Waals surface area contributed by atoms with Gasteiger partial charge in [-0.3, -0.25) is 0 Å². The van der Waals surface area contributed by atoms with Crippen molar-refractivity contribution in [1.29, 1.82) is 0 Å². The Morgan fingerprint density at radius 1 is 1.28 bits per heavy atom. The van der Waals surface area contributed by atoms with Crippen molar-refractivity contribution >= 4 is 21.8 Å². The number of rotatable bonds is 8. The van der Waals surface area contributed by atoms with Crippen molar-refractivity contribution < 1.29 is 13.5 Å². The highest BCUT2D eigenvalue weighted by molar-refractivity contribution is 7.98. The minimum absolute atomic E-state index is 0.0437. The van der Waals surface area contributed by atoms with Crippen molar-refractivity contribution in [2.75, 3.05) is 18.6 Å². The Morgan fingerprint density at radius 3 is 2.72 bits per heavy atom. The van der Waals surface area contributed by atoms with Gasteiger partial charge in [0.2, 0.25) is 10.0 Å². The number of hydrogen-bond donors (Lipinski definition) is 2. The summed E-state index contributed by atoms with van der Waals surface area (Å²) in [5.74, 6) is 1.07. The highest BCUT2D eigenvalue weighted by atomic mass is 32.2. The lowest BCUT2D eigenvalue weighted by Gasteiger charge is -2.06. The van der Waals surface area contributed by atoms with E-state index in [2.05, 4.69) is 11.0 Å². The molecule has 2 N–H and O–H groups in total. The Morgan fingerprint density at radius 2 is 2.06 bits per heavy atom. The van der Waals surface area contributed by atoms with Gasteiger partial charge < -0.3 is 5.11 Å². The second kappa shape index (κ2) is 7.66. The van der Waals surface area contributed by atoms with E-state index in [0.717, 1.165) is 25.0 Å². The fourth-order valence-electron chi connectivity index (χ4n) is 1.49. The molecular weight excluding hydrogens is 270 g/mol. The van der Waals surface area contributed by atoms with Gasteiger partial charge in [-0.05, 0) is 43.0 Å². The molecule has 0 spiro atoms. The van der Waals surface area contributed by atoms with Crippen LogP contribution in [-0.2, 0) is 10.0 Å². The van der Waals surface area contributed by atoms with E-state index in [-0.39, 0.29) is 10.6 Å². The third kappa shape index (κ3) is 5.29. The number of phenols is 1. The van der Waals surface area contributed by atoms with Crippen LogP contribution in [0.5, 0.6) is 5.75 Å². The lowest BCUT2D eigenvalue weighted by molar-refractivity contribution is 0.473. The predicted octanol–water partition coefficient (Wildman–Crippen LogP) is 2.20. The molecule has 1 aromatic rings. The maximum atomic E-state index is 11.8. The topological polar surface area (TPSA) is 66.4 Å². The van der Waals surface area contributed by atoms with Crippen molar-refractivity contribution in [3.63, 3.8) is 0 Å². The summed E-state index contributed by atoms with van der Waals surface area (Å²) in [6.07, 6.45) is 5.02. The largest absolute Gasteiger partial charge is 0.508 e. The molecule has 0 amide bonds. The maximum absolute atomic E-state index is 11.8. The number of sulfonamides is 1. The Kier molecular flexibility index (Phi) is 6.52. The lowest BCUT2D eigenvalue weighted by Crippen LogP contribution is -2.24. The zero-order chi connectivity index (χ0) is 13.4. The quantitative estimate of drug-likeness (QED) is 0.720. The number of hydrogen-bond acceptors (Lipinski definition) is 4. The molecule has 0 unspecified atom stereocenters. The molecule has 0 aliphatic heterocycles. The van der Waals surface area contributed by atoms with E-state index in [0.29, 0.717) is 6.54 Å². The molecule has 0 aromatic heterocycles. The van der Waals surface area contributed by atoms with E-state index in [1.54, 1.807) is 11.8 Å². The highest BCUT2D eigenvalue weighted by Gasteiger charge is 2.13. The van der Waals surface area contributed by atoms with E-state index in [4.69, 9.17) is 0 Å². The average molecular weight is 289 g/mol. The molecule has 1 aromatic carbocycles. The standard InChI is InChI=1S/C12H19NO3S2/c1-17-9-4-2-3-8-13-18(15,16)12-7-5-6-11(14)10-12/h5-7,10,13-14H,2-4,8-9H2,1H3. The van der Waals surface area contributed by atoms with E-state index in [9.17, 15) is 13.5 Å². The minimum atomic E-state index is -3.49. The first-order valence-electron chi connectivity index (χ1n) is 5.84. The maximum Gasteiger partial charge on any atom is 0.240 e. The normalized spacial score (nSPS) is 11.6. The van der Waals surface area contributed by atoms with Crippen molar-refractivity contribution in [2.45, 2.75) is 24.2 Å². The van der Waals surface area contributed by atoms with Gasteiger partial charge in [0, 0.05) is 6.54 Å². The van der Waals surface area contributed by atoms with E-state index < -0.39 is 10.0 Å². The van der Waals surface area contributed by atoms with Gasteiger partial charge in [0.15, 0.2) is 0 Å². The second-order valence-corrected chi connectivity index (χ2v) is 6.70. The van der Waals surface area contributed by atoms with Gasteiger partial charge in [-0.2, -0.15) is 11.8 Å². The summed E-state index contributed by atoms with van der Waals surface area (Å²) < 4.78 is 26.2. The number of nitrogens with one attached hydrogen (secondary N) is 1. The molecule has 18 heavy (non-hydrogen) atoms. The minimum Gasteiger partial charge on any atom is -0.508 e. The fourth-order valence-corrected chi connectivity index (χ4v) is 3.09. The molecule has 0 bridgehead atoms. The Bertz CT molecular complexity index is 460. The van der Waals surface area contributed by atoms with Crippen molar-refractivity contribution in [1.82, 2.24) is 4.72 Å². The van der Waals surface area contributed by atoms with E-state index in [1.807, 2.05) is 0 Å². The van der Waals surface area contributed by atoms with Gasteiger partial charge in [0.1, 0.15) is 5.75 Å². The van der Waals surface area contributed by atoms with Crippen LogP contribution in [-0.4, -0.2) is 32.1 Å². The van der Waals surface area contributed by atoms with Crippen molar-refractivity contribution in [3.05, 3.63) is 24.3 Å². The Balaban J connectivity index is 2.41. The zero-order valence-corrected chi connectivity index (χ0v) is 12.1. The highest BCUT2D eigenvalue weighted by Crippen LogP contribution is 2.15. The molecule has 4 nitrogen and oxygen atoms in total. The summed E-state index contributed by atoms with van der Waals surface area (Å²) in [4.78, 5) is 0.103. The lowest BCUT2D eigenvalue weighted by atomic mass is 10.2. The molecule has 0 heterocycles. The van der Waals surface area contributed by atoms with Crippen LogP contribution in [0.3, 0.4) is 0 Å². The van der Waals surface area contributed by atoms with Crippen LogP contribution in [0.4, 0.5) is 0 Å². The number of phenolic OH excluding ortho intramolecular Hbond substituents is 1. The Hall–Kier alpha value is -0.720. The predicted molar refractivity (Wildman–Crippen MR) is 75.5 cm³/mol. The molecule has 0 atom stereocenters. The summed E-state index contributed by atoms with van der Waals surface area (Å²) >= 11 is 1.80. The van der Waals surface area contributed by atoms with E-state index in [1.165, 1.54) is 24.3 Å². The first-order valence-corrected chi connectivity index (χ1v) is 8.71. The average Bonchev–Trinajstić information content (AvgIpc) is 2.33. The Labute approximate surface area is 113 Å². The molecule has 0 aliphatic carbocycles. The van der Waals surface area contributed by atoms with Crippen LogP contribution >= 0.6 is 11.8 Å². The fraction of sp³-hybridized carbons (Fsp3) is 0.500. The van der Waals surface area contributed by atoms with Crippen molar-refractivity contribution in [3.8, 4) is 5.75 Å².